The topological polar surface area (TPSA) is 80.8 Å². The lowest BCUT2D eigenvalue weighted by Crippen LogP contribution is -2.27. The lowest BCUT2D eigenvalue weighted by molar-refractivity contribution is -0.124. The van der Waals surface area contributed by atoms with Gasteiger partial charge in [-0.15, -0.1) is 0 Å². The highest BCUT2D eigenvalue weighted by atomic mass is 32.2. The molecule has 0 N–H and O–H groups in total. The third-order valence-corrected chi connectivity index (χ3v) is 6.13. The number of ketones is 1. The van der Waals surface area contributed by atoms with Gasteiger partial charge in [0.1, 0.15) is 0 Å². The number of carbonyl (C=O) groups excluding carboxylic acids is 2. The molecule has 1 fully saturated rings. The second kappa shape index (κ2) is 7.29. The van der Waals surface area contributed by atoms with Crippen molar-refractivity contribution in [3.63, 3.8) is 0 Å². The van der Waals surface area contributed by atoms with Crippen LogP contribution in [0.25, 0.3) is 0 Å². The summed E-state index contributed by atoms with van der Waals surface area (Å²) < 4.78 is 32.0. The van der Waals surface area contributed by atoms with E-state index in [1.54, 1.807) is 30.3 Å². The molecule has 0 heterocycles. The number of para-hydroxylation sites is 1. The van der Waals surface area contributed by atoms with Crippen LogP contribution in [0.4, 0.5) is 5.69 Å². The van der Waals surface area contributed by atoms with Crippen molar-refractivity contribution in [3.05, 3.63) is 60.2 Å². The molecule has 0 spiro atoms. The normalized spacial score (nSPS) is 17.1. The van der Waals surface area contributed by atoms with Gasteiger partial charge in [0.2, 0.25) is 0 Å². The molecule has 26 heavy (non-hydrogen) atoms. The zero-order valence-corrected chi connectivity index (χ0v) is 15.1. The maximum absolute atomic E-state index is 12.8. The van der Waals surface area contributed by atoms with E-state index in [1.165, 1.54) is 31.3 Å². The van der Waals surface area contributed by atoms with Crippen molar-refractivity contribution in [2.45, 2.75) is 30.3 Å². The van der Waals surface area contributed by atoms with Crippen LogP contribution in [0, 0.1) is 0 Å². The number of ether oxygens (including phenoxy) is 1. The van der Waals surface area contributed by atoms with Crippen molar-refractivity contribution in [1.82, 2.24) is 0 Å². The predicted molar refractivity (Wildman–Crippen MR) is 96.5 cm³/mol. The summed E-state index contributed by atoms with van der Waals surface area (Å²) in [7, 11) is -2.38. The van der Waals surface area contributed by atoms with Crippen LogP contribution in [0.15, 0.2) is 59.5 Å². The van der Waals surface area contributed by atoms with Crippen molar-refractivity contribution in [2.24, 2.45) is 0 Å². The number of anilines is 1. The average molecular weight is 373 g/mol. The van der Waals surface area contributed by atoms with E-state index in [0.717, 1.165) is 4.31 Å². The maximum Gasteiger partial charge on any atom is 0.338 e. The quantitative estimate of drug-likeness (QED) is 0.753. The summed E-state index contributed by atoms with van der Waals surface area (Å²) in [6.07, 6.45) is 0.899. The number of nitrogens with zero attached hydrogens (tertiary/aromatic N) is 1. The van der Waals surface area contributed by atoms with Crippen LogP contribution in [-0.2, 0) is 19.6 Å². The Balaban J connectivity index is 1.84. The predicted octanol–water partition coefficient (Wildman–Crippen LogP) is 2.79. The minimum Gasteiger partial charge on any atom is -0.451 e. The molecule has 0 saturated heterocycles. The molecule has 0 aliphatic heterocycles. The second-order valence-electron chi connectivity index (χ2n) is 6.09. The summed E-state index contributed by atoms with van der Waals surface area (Å²) >= 11 is 0. The van der Waals surface area contributed by atoms with Crippen molar-refractivity contribution in [2.75, 3.05) is 11.4 Å². The van der Waals surface area contributed by atoms with Gasteiger partial charge in [0.25, 0.3) is 10.0 Å². The number of hydrogen-bond acceptors (Lipinski definition) is 5. The molecule has 1 aliphatic carbocycles. The first-order chi connectivity index (χ1) is 12.4. The van der Waals surface area contributed by atoms with Gasteiger partial charge < -0.3 is 4.74 Å². The zero-order chi connectivity index (χ0) is 18.7. The molecule has 2 aromatic rings. The molecule has 6 nitrogen and oxygen atoms in total. The molecular weight excluding hydrogens is 354 g/mol. The standard InChI is InChI=1S/C19H19NO5S/c1-20(15-8-3-2-4-9-15)26(23,24)16-10-5-7-14(13-16)19(22)25-18-12-6-11-17(18)21/h2-5,7-10,13,18H,6,11-12H2,1H3/t18-/m1/s1. The number of carbonyl (C=O) groups is 2. The zero-order valence-electron chi connectivity index (χ0n) is 14.3. The Hall–Kier alpha value is -2.67. The first-order valence-electron chi connectivity index (χ1n) is 8.27. The maximum atomic E-state index is 12.8. The van der Waals surface area contributed by atoms with Gasteiger partial charge in [0.05, 0.1) is 16.1 Å². The SMILES string of the molecule is CN(c1ccccc1)S(=O)(=O)c1cccc(C(=O)O[C@@H]2CCCC2=O)c1. The Morgan fingerprint density at radius 3 is 2.50 bits per heavy atom. The third kappa shape index (κ3) is 3.62. The smallest absolute Gasteiger partial charge is 0.338 e. The summed E-state index contributed by atoms with van der Waals surface area (Å²) in [6.45, 7) is 0. The number of esters is 1. The van der Waals surface area contributed by atoms with Gasteiger partial charge in [0.15, 0.2) is 11.9 Å². The lowest BCUT2D eigenvalue weighted by Gasteiger charge is -2.19. The molecule has 0 amide bonds. The molecule has 1 aliphatic rings. The van der Waals surface area contributed by atoms with Gasteiger partial charge in [0, 0.05) is 13.5 Å². The summed E-state index contributed by atoms with van der Waals surface area (Å²) in [5.41, 5.74) is 0.615. The Bertz CT molecular complexity index is 924. The highest BCUT2D eigenvalue weighted by Crippen LogP contribution is 2.23. The van der Waals surface area contributed by atoms with Gasteiger partial charge >= 0.3 is 5.97 Å². The van der Waals surface area contributed by atoms with E-state index < -0.39 is 22.1 Å². The summed E-state index contributed by atoms with van der Waals surface area (Å²) in [5.74, 6) is -0.782. The van der Waals surface area contributed by atoms with Crippen LogP contribution < -0.4 is 4.31 Å². The van der Waals surface area contributed by atoms with E-state index in [9.17, 15) is 18.0 Å². The van der Waals surface area contributed by atoms with Crippen LogP contribution in [0.5, 0.6) is 0 Å². The van der Waals surface area contributed by atoms with E-state index >= 15 is 0 Å². The minimum absolute atomic E-state index is 0.0175. The molecule has 1 atom stereocenters. The Kier molecular flexibility index (Phi) is 5.08. The summed E-state index contributed by atoms with van der Waals surface area (Å²) in [5, 5.41) is 0. The number of hydrogen-bond donors (Lipinski definition) is 0. The molecule has 136 valence electrons. The van der Waals surface area contributed by atoms with E-state index in [-0.39, 0.29) is 16.2 Å². The van der Waals surface area contributed by atoms with E-state index in [4.69, 9.17) is 4.74 Å². The van der Waals surface area contributed by atoms with Crippen molar-refractivity contribution >= 4 is 27.5 Å². The number of Topliss-reactive ketones (excluding diaryl/α,β-unsaturated/α-hetero) is 1. The van der Waals surface area contributed by atoms with Crippen LogP contribution in [-0.4, -0.2) is 33.3 Å². The minimum atomic E-state index is -3.83. The van der Waals surface area contributed by atoms with E-state index in [2.05, 4.69) is 0 Å². The Labute approximate surface area is 152 Å². The number of sulfonamides is 1. The van der Waals surface area contributed by atoms with Crippen LogP contribution >= 0.6 is 0 Å². The molecule has 1 saturated carbocycles. The Morgan fingerprint density at radius 2 is 1.85 bits per heavy atom. The first-order valence-corrected chi connectivity index (χ1v) is 9.71. The number of rotatable bonds is 5. The summed E-state index contributed by atoms with van der Waals surface area (Å²) in [4.78, 5) is 23.9. The van der Waals surface area contributed by atoms with Crippen LogP contribution in [0.3, 0.4) is 0 Å². The van der Waals surface area contributed by atoms with Gasteiger partial charge in [-0.2, -0.15) is 0 Å². The second-order valence-corrected chi connectivity index (χ2v) is 8.06. The molecular formula is C19H19NO5S. The van der Waals surface area contributed by atoms with E-state index in [1.807, 2.05) is 0 Å². The van der Waals surface area contributed by atoms with Crippen LogP contribution in [0.1, 0.15) is 29.6 Å². The highest BCUT2D eigenvalue weighted by molar-refractivity contribution is 7.92. The Morgan fingerprint density at radius 1 is 1.12 bits per heavy atom. The fourth-order valence-corrected chi connectivity index (χ4v) is 4.07. The van der Waals surface area contributed by atoms with Crippen molar-refractivity contribution < 1.29 is 22.7 Å². The number of benzene rings is 2. The van der Waals surface area contributed by atoms with Gasteiger partial charge in [-0.05, 0) is 43.2 Å². The largest absolute Gasteiger partial charge is 0.451 e. The molecule has 0 bridgehead atoms. The molecule has 0 aromatic heterocycles. The van der Waals surface area contributed by atoms with Gasteiger partial charge in [-0.3, -0.25) is 9.10 Å². The highest BCUT2D eigenvalue weighted by Gasteiger charge is 2.29. The lowest BCUT2D eigenvalue weighted by atomic mass is 10.2. The van der Waals surface area contributed by atoms with Gasteiger partial charge in [-0.25, -0.2) is 13.2 Å². The van der Waals surface area contributed by atoms with Crippen LogP contribution in [0.2, 0.25) is 0 Å². The fraction of sp³-hybridized carbons (Fsp3) is 0.263. The van der Waals surface area contributed by atoms with Gasteiger partial charge in [-0.1, -0.05) is 24.3 Å². The molecule has 2 aromatic carbocycles. The third-order valence-electron chi connectivity index (χ3n) is 4.35. The first kappa shape index (κ1) is 18.1. The molecule has 3 rings (SSSR count). The summed E-state index contributed by atoms with van der Waals surface area (Å²) in [6, 6.07) is 14.3. The molecule has 0 radical (unpaired) electrons. The van der Waals surface area contributed by atoms with Crippen molar-refractivity contribution in [1.29, 1.82) is 0 Å². The van der Waals surface area contributed by atoms with E-state index in [0.29, 0.717) is 24.9 Å². The van der Waals surface area contributed by atoms with Crippen molar-refractivity contribution in [3.8, 4) is 0 Å². The monoisotopic (exact) mass is 373 g/mol. The molecule has 7 heteroatoms. The fourth-order valence-electron chi connectivity index (χ4n) is 2.82. The average Bonchev–Trinajstić information content (AvgIpc) is 3.06. The molecule has 0 unspecified atom stereocenters.